The molecule has 0 radical (unpaired) electrons. The van der Waals surface area contributed by atoms with Crippen molar-refractivity contribution in [3.05, 3.63) is 0 Å². The Kier molecular flexibility index (Phi) is 15.0. The van der Waals surface area contributed by atoms with Gasteiger partial charge in [0.2, 0.25) is 0 Å². The van der Waals surface area contributed by atoms with Gasteiger partial charge in [-0.05, 0) is 67.2 Å². The largest absolute Gasteiger partial charge is 0.504 e. The first kappa shape index (κ1) is 31.3. The minimum atomic E-state index is -2.84. The summed E-state index contributed by atoms with van der Waals surface area (Å²) < 4.78 is 54.5. The van der Waals surface area contributed by atoms with E-state index in [0.29, 0.717) is 52.9 Å². The molecule has 35 heavy (non-hydrogen) atoms. The summed E-state index contributed by atoms with van der Waals surface area (Å²) in [5, 5.41) is 0. The van der Waals surface area contributed by atoms with Crippen LogP contribution in [0.3, 0.4) is 0 Å². The molecular formula is C24H50O9Si2. The summed E-state index contributed by atoms with van der Waals surface area (Å²) in [7, 11) is -5.67. The summed E-state index contributed by atoms with van der Waals surface area (Å²) in [6, 6.07) is 0. The summed E-state index contributed by atoms with van der Waals surface area (Å²) in [5.41, 5.74) is 0.295. The summed E-state index contributed by atoms with van der Waals surface area (Å²) >= 11 is 0. The normalized spacial score (nSPS) is 21.8. The molecule has 2 rings (SSSR count). The lowest BCUT2D eigenvalue weighted by molar-refractivity contribution is 0.0443. The van der Waals surface area contributed by atoms with Gasteiger partial charge in [0.1, 0.15) is 0 Å². The first-order chi connectivity index (χ1) is 17.0. The molecule has 0 aliphatic carbocycles. The first-order valence-electron chi connectivity index (χ1n) is 13.7. The Morgan fingerprint density at radius 3 is 1.09 bits per heavy atom. The molecule has 4 unspecified atom stereocenters. The molecule has 208 valence electrons. The molecule has 0 aromatic rings. The Morgan fingerprint density at radius 2 is 0.857 bits per heavy atom. The Bertz CT molecular complexity index is 469. The second-order valence-corrected chi connectivity index (χ2v) is 14.6. The molecule has 4 atom stereocenters. The van der Waals surface area contributed by atoms with Gasteiger partial charge in [-0.1, -0.05) is 0 Å². The molecule has 0 bridgehead atoms. The lowest BCUT2D eigenvalue weighted by Crippen LogP contribution is -2.51. The molecule has 11 heteroatoms. The third-order valence-electron chi connectivity index (χ3n) is 6.19. The van der Waals surface area contributed by atoms with Crippen LogP contribution in [0.4, 0.5) is 0 Å². The molecule has 9 nitrogen and oxygen atoms in total. The van der Waals surface area contributed by atoms with Gasteiger partial charge in [0, 0.05) is 63.9 Å². The van der Waals surface area contributed by atoms with Gasteiger partial charge in [0.05, 0.1) is 25.4 Å². The Balaban J connectivity index is 1.98. The number of rotatable bonds is 24. The van der Waals surface area contributed by atoms with Crippen LogP contribution >= 0.6 is 0 Å². The van der Waals surface area contributed by atoms with E-state index in [1.807, 2.05) is 41.5 Å². The fourth-order valence-corrected chi connectivity index (χ4v) is 11.0. The van der Waals surface area contributed by atoms with Gasteiger partial charge in [-0.25, -0.2) is 0 Å². The summed E-state index contributed by atoms with van der Waals surface area (Å²) in [6.45, 7) is 18.2. The summed E-state index contributed by atoms with van der Waals surface area (Å²) in [5.74, 6) is 0. The van der Waals surface area contributed by atoms with E-state index in [-0.39, 0.29) is 23.3 Å². The quantitative estimate of drug-likeness (QED) is 0.102. The molecule has 2 heterocycles. The van der Waals surface area contributed by atoms with Crippen LogP contribution in [-0.4, -0.2) is 95.9 Å². The number of hydrogen-bond donors (Lipinski definition) is 0. The van der Waals surface area contributed by atoms with Gasteiger partial charge in [-0.2, -0.15) is 0 Å². The van der Waals surface area contributed by atoms with Crippen LogP contribution in [0.1, 0.15) is 67.2 Å². The van der Waals surface area contributed by atoms with Crippen LogP contribution in [0.5, 0.6) is 0 Å². The average Bonchev–Trinajstić information content (AvgIpc) is 3.74. The molecule has 0 aromatic carbocycles. The van der Waals surface area contributed by atoms with Crippen molar-refractivity contribution in [1.29, 1.82) is 0 Å². The van der Waals surface area contributed by atoms with E-state index in [1.165, 1.54) is 0 Å². The van der Waals surface area contributed by atoms with E-state index in [2.05, 4.69) is 0 Å². The van der Waals surface area contributed by atoms with Gasteiger partial charge in [-0.15, -0.1) is 0 Å². The zero-order valence-corrected chi connectivity index (χ0v) is 24.9. The van der Waals surface area contributed by atoms with Crippen LogP contribution in [0.15, 0.2) is 0 Å². The van der Waals surface area contributed by atoms with E-state index in [0.717, 1.165) is 38.9 Å². The number of epoxide rings is 2. The Morgan fingerprint density at radius 1 is 0.571 bits per heavy atom. The fraction of sp³-hybridized carbons (Fsp3) is 1.00. The zero-order valence-electron chi connectivity index (χ0n) is 22.9. The maximum Gasteiger partial charge on any atom is 0.504 e. The minimum Gasteiger partial charge on any atom is -0.381 e. The van der Waals surface area contributed by atoms with Crippen molar-refractivity contribution in [2.75, 3.05) is 66.1 Å². The molecule has 2 saturated heterocycles. The number of hydrogen-bond acceptors (Lipinski definition) is 9. The van der Waals surface area contributed by atoms with Gasteiger partial charge >= 0.3 is 17.6 Å². The van der Waals surface area contributed by atoms with Crippen LogP contribution in [0.2, 0.25) is 11.1 Å². The highest BCUT2D eigenvalue weighted by Crippen LogP contribution is 2.38. The minimum absolute atomic E-state index is 0.147. The Labute approximate surface area is 215 Å². The molecule has 0 amide bonds. The molecule has 0 spiro atoms. The number of ether oxygens (including phenoxy) is 3. The van der Waals surface area contributed by atoms with Crippen molar-refractivity contribution < 1.29 is 40.8 Å². The van der Waals surface area contributed by atoms with Crippen molar-refractivity contribution in [3.8, 4) is 0 Å². The molecule has 0 N–H and O–H groups in total. The smallest absolute Gasteiger partial charge is 0.381 e. The zero-order chi connectivity index (χ0) is 25.6. The van der Waals surface area contributed by atoms with E-state index in [9.17, 15) is 0 Å². The van der Waals surface area contributed by atoms with Crippen LogP contribution in [0.25, 0.3) is 0 Å². The second kappa shape index (κ2) is 16.8. The van der Waals surface area contributed by atoms with Crippen molar-refractivity contribution in [2.24, 2.45) is 0 Å². The maximum atomic E-state index is 6.20. The monoisotopic (exact) mass is 538 g/mol. The lowest BCUT2D eigenvalue weighted by atomic mass is 10.2. The van der Waals surface area contributed by atoms with E-state index >= 15 is 0 Å². The van der Waals surface area contributed by atoms with Crippen LogP contribution < -0.4 is 0 Å². The maximum absolute atomic E-state index is 6.20. The highest BCUT2D eigenvalue weighted by atomic mass is 28.4. The summed E-state index contributed by atoms with van der Waals surface area (Å²) in [4.78, 5) is 0. The van der Waals surface area contributed by atoms with Crippen molar-refractivity contribution in [3.63, 3.8) is 0 Å². The van der Waals surface area contributed by atoms with Gasteiger partial charge in [0.15, 0.2) is 0 Å². The highest BCUT2D eigenvalue weighted by Gasteiger charge is 2.52. The van der Waals surface area contributed by atoms with Gasteiger partial charge < -0.3 is 40.8 Å². The third kappa shape index (κ3) is 10.4. The van der Waals surface area contributed by atoms with E-state index in [4.69, 9.17) is 40.8 Å². The topological polar surface area (TPSA) is 89.7 Å². The molecule has 2 aliphatic rings. The summed E-state index contributed by atoms with van der Waals surface area (Å²) in [6.07, 6.45) is 3.93. The predicted molar refractivity (Wildman–Crippen MR) is 138 cm³/mol. The highest BCUT2D eigenvalue weighted by molar-refractivity contribution is 6.62. The van der Waals surface area contributed by atoms with E-state index < -0.39 is 17.6 Å². The van der Waals surface area contributed by atoms with Gasteiger partial charge in [0.25, 0.3) is 0 Å². The molecule has 0 aromatic heterocycles. The van der Waals surface area contributed by atoms with Crippen LogP contribution in [-0.2, 0) is 40.8 Å². The first-order valence-corrected chi connectivity index (χ1v) is 17.3. The lowest BCUT2D eigenvalue weighted by Gasteiger charge is -2.36. The van der Waals surface area contributed by atoms with Gasteiger partial charge in [-0.3, -0.25) is 0 Å². The fourth-order valence-electron chi connectivity index (χ4n) is 4.64. The van der Waals surface area contributed by atoms with Crippen molar-refractivity contribution in [1.82, 2.24) is 0 Å². The molecular weight excluding hydrogens is 488 g/mol. The average molecular weight is 539 g/mol. The van der Waals surface area contributed by atoms with Crippen molar-refractivity contribution >= 4 is 17.6 Å². The molecule has 0 saturated carbocycles. The molecule has 2 aliphatic heterocycles. The van der Waals surface area contributed by atoms with Crippen molar-refractivity contribution in [2.45, 2.75) is 90.5 Å². The standard InChI is InChI=1S/C24H50O9Si2/c1-7-28-34(29-8-2,30-9-3)23(17-21-19-26-21)13-15-25-16-14-24(18-22-20-27-22)35(31-10-4,32-11-5)33-12-6/h21-24H,7-20H2,1-6H3. The third-order valence-corrected chi connectivity index (χ3v) is 13.4. The second-order valence-electron chi connectivity index (χ2n) is 8.77. The molecule has 2 fully saturated rings. The van der Waals surface area contributed by atoms with E-state index in [1.54, 1.807) is 0 Å². The SMILES string of the molecule is CCO[Si](OCC)(OCC)C(CCOCCC(CC1CO1)[Si](OCC)(OCC)OCC)CC1CO1. The Hall–Kier alpha value is 0.0738. The van der Waals surface area contributed by atoms with Crippen LogP contribution in [0, 0.1) is 0 Å². The predicted octanol–water partition coefficient (Wildman–Crippen LogP) is 4.20.